The molecule has 42 heavy (non-hydrogen) atoms. The second-order valence-electron chi connectivity index (χ2n) is 10.8. The number of hydrogen-bond acceptors (Lipinski definition) is 7. The standard InChI is InChI=1S/C32H33F3N4O3/c1-41-25-11-5-7-21(17-25)20-42-31-37-28-15-16-38(19-26(28)30(40)39(31)24-9-3-2-4-10-24)29-12-6-8-22-18-23(32(33,34)35)13-14-27(22)36-29/h2-3,5,7,9,11,13-14,17-18,30,40H,4,6,8,10,12,15-16,19-20H2,1H3. The summed E-state index contributed by atoms with van der Waals surface area (Å²) in [6.07, 6.45) is 4.74. The topological polar surface area (TPSA) is 69.9 Å². The van der Waals surface area contributed by atoms with Crippen LogP contribution in [0.25, 0.3) is 0 Å². The van der Waals surface area contributed by atoms with Crippen molar-refractivity contribution in [1.82, 2.24) is 9.80 Å². The first-order valence-electron chi connectivity index (χ1n) is 14.2. The summed E-state index contributed by atoms with van der Waals surface area (Å²) in [4.78, 5) is 13.6. The fourth-order valence-corrected chi connectivity index (χ4v) is 5.80. The molecule has 10 heteroatoms. The smallest absolute Gasteiger partial charge is 0.416 e. The van der Waals surface area contributed by atoms with Gasteiger partial charge in [0.05, 0.1) is 24.1 Å². The molecule has 0 amide bonds. The van der Waals surface area contributed by atoms with Gasteiger partial charge < -0.3 is 19.5 Å². The summed E-state index contributed by atoms with van der Waals surface area (Å²) in [5, 5.41) is 11.8. The maximum absolute atomic E-state index is 13.3. The van der Waals surface area contributed by atoms with E-state index in [2.05, 4.69) is 11.0 Å². The van der Waals surface area contributed by atoms with E-state index in [4.69, 9.17) is 19.5 Å². The fourth-order valence-electron chi connectivity index (χ4n) is 5.80. The predicted molar refractivity (Wildman–Crippen MR) is 154 cm³/mol. The van der Waals surface area contributed by atoms with Crippen molar-refractivity contribution in [2.45, 2.75) is 57.5 Å². The summed E-state index contributed by atoms with van der Waals surface area (Å²) in [6, 6.07) is 11.8. The molecule has 7 nitrogen and oxygen atoms in total. The minimum atomic E-state index is -4.38. The molecule has 6 rings (SSSR count). The average molecular weight is 579 g/mol. The molecule has 0 bridgehead atoms. The van der Waals surface area contributed by atoms with Crippen LogP contribution < -0.4 is 4.74 Å². The predicted octanol–water partition coefficient (Wildman–Crippen LogP) is 6.48. The number of aliphatic imine (C=N–C) groups is 2. The molecular weight excluding hydrogens is 545 g/mol. The Bertz CT molecular complexity index is 1510. The number of methoxy groups -OCH3 is 1. The van der Waals surface area contributed by atoms with Crippen LogP contribution in [-0.4, -0.2) is 53.2 Å². The van der Waals surface area contributed by atoms with Gasteiger partial charge in [-0.05, 0) is 73.2 Å². The van der Waals surface area contributed by atoms with E-state index in [-0.39, 0.29) is 6.61 Å². The number of halogens is 3. The zero-order chi connectivity index (χ0) is 29.3. The molecule has 3 heterocycles. The number of aryl methyl sites for hydroxylation is 1. The number of nitrogens with zero attached hydrogens (tertiary/aromatic N) is 4. The van der Waals surface area contributed by atoms with Gasteiger partial charge in [-0.15, -0.1) is 0 Å². The number of rotatable bonds is 4. The fraction of sp³-hybridized carbons (Fsp3) is 0.375. The van der Waals surface area contributed by atoms with Crippen LogP contribution in [0.5, 0.6) is 5.75 Å². The molecule has 0 radical (unpaired) electrons. The summed E-state index contributed by atoms with van der Waals surface area (Å²) in [7, 11) is 1.62. The third kappa shape index (κ3) is 5.81. The van der Waals surface area contributed by atoms with E-state index in [0.717, 1.165) is 53.0 Å². The van der Waals surface area contributed by atoms with Crippen molar-refractivity contribution >= 4 is 17.5 Å². The van der Waals surface area contributed by atoms with Gasteiger partial charge in [0.2, 0.25) is 0 Å². The molecule has 1 N–H and O–H groups in total. The molecular formula is C32H33F3N4O3. The molecule has 2 aromatic carbocycles. The van der Waals surface area contributed by atoms with Crippen molar-refractivity contribution in [3.05, 3.63) is 94.4 Å². The van der Waals surface area contributed by atoms with Crippen molar-refractivity contribution in [3.63, 3.8) is 0 Å². The van der Waals surface area contributed by atoms with Gasteiger partial charge in [0.15, 0.2) is 6.23 Å². The molecule has 0 saturated heterocycles. The largest absolute Gasteiger partial charge is 0.497 e. The van der Waals surface area contributed by atoms with Crippen LogP contribution in [0.1, 0.15) is 48.8 Å². The molecule has 220 valence electrons. The monoisotopic (exact) mass is 578 g/mol. The number of fused-ring (bicyclic) bond motifs is 1. The Hall–Kier alpha value is -4.05. The Kier molecular flexibility index (Phi) is 7.81. The number of amidine groups is 2. The highest BCUT2D eigenvalue weighted by atomic mass is 19.4. The Morgan fingerprint density at radius 1 is 1.05 bits per heavy atom. The number of benzene rings is 2. The summed E-state index contributed by atoms with van der Waals surface area (Å²) in [6.45, 7) is 1.33. The molecule has 2 aromatic rings. The van der Waals surface area contributed by atoms with Crippen LogP contribution >= 0.6 is 0 Å². The van der Waals surface area contributed by atoms with E-state index in [1.54, 1.807) is 12.0 Å². The van der Waals surface area contributed by atoms with Crippen LogP contribution in [0, 0.1) is 0 Å². The van der Waals surface area contributed by atoms with Crippen molar-refractivity contribution < 1.29 is 27.8 Å². The van der Waals surface area contributed by atoms with Gasteiger partial charge in [0.1, 0.15) is 18.2 Å². The molecule has 1 aliphatic carbocycles. The van der Waals surface area contributed by atoms with E-state index in [1.807, 2.05) is 36.4 Å². The van der Waals surface area contributed by atoms with Gasteiger partial charge in [-0.2, -0.15) is 13.2 Å². The maximum Gasteiger partial charge on any atom is 0.416 e. The van der Waals surface area contributed by atoms with E-state index < -0.39 is 18.0 Å². The lowest BCUT2D eigenvalue weighted by Crippen LogP contribution is -2.49. The van der Waals surface area contributed by atoms with Crippen LogP contribution in [0.2, 0.25) is 0 Å². The first kappa shape index (κ1) is 28.1. The number of allylic oxidation sites excluding steroid dienone is 4. The van der Waals surface area contributed by atoms with Gasteiger partial charge >= 0.3 is 6.18 Å². The van der Waals surface area contributed by atoms with E-state index in [1.165, 1.54) is 12.1 Å². The second kappa shape index (κ2) is 11.7. The number of ether oxygens (including phenoxy) is 2. The van der Waals surface area contributed by atoms with Gasteiger partial charge in [-0.1, -0.05) is 24.3 Å². The molecule has 0 spiro atoms. The highest BCUT2D eigenvalue weighted by molar-refractivity contribution is 5.87. The van der Waals surface area contributed by atoms with Crippen LogP contribution in [0.4, 0.5) is 18.9 Å². The quantitative estimate of drug-likeness (QED) is 0.450. The number of aliphatic hydroxyl groups excluding tert-OH is 1. The Labute approximate surface area is 243 Å². The van der Waals surface area contributed by atoms with E-state index >= 15 is 0 Å². The lowest BCUT2D eigenvalue weighted by molar-refractivity contribution is -0.137. The first-order valence-corrected chi connectivity index (χ1v) is 14.2. The zero-order valence-electron chi connectivity index (χ0n) is 23.4. The third-order valence-corrected chi connectivity index (χ3v) is 8.01. The van der Waals surface area contributed by atoms with Crippen molar-refractivity contribution in [1.29, 1.82) is 0 Å². The number of hydrogen-bond donors (Lipinski definition) is 1. The molecule has 0 fully saturated rings. The average Bonchev–Trinajstić information content (AvgIpc) is 3.22. The molecule has 1 unspecified atom stereocenters. The van der Waals surface area contributed by atoms with Gasteiger partial charge in [0, 0.05) is 37.2 Å². The first-order chi connectivity index (χ1) is 20.3. The van der Waals surface area contributed by atoms with Gasteiger partial charge in [-0.25, -0.2) is 9.98 Å². The summed E-state index contributed by atoms with van der Waals surface area (Å²) < 4.78 is 51.4. The summed E-state index contributed by atoms with van der Waals surface area (Å²) in [5.74, 6) is 1.56. The minimum absolute atomic E-state index is 0.267. The minimum Gasteiger partial charge on any atom is -0.497 e. The van der Waals surface area contributed by atoms with Crippen LogP contribution in [0.3, 0.4) is 0 Å². The normalized spacial score (nSPS) is 20.7. The second-order valence-corrected chi connectivity index (χ2v) is 10.8. The molecule has 1 atom stereocenters. The summed E-state index contributed by atoms with van der Waals surface area (Å²) >= 11 is 0. The zero-order valence-corrected chi connectivity index (χ0v) is 23.4. The highest BCUT2D eigenvalue weighted by Crippen LogP contribution is 2.37. The molecule has 3 aliphatic heterocycles. The summed E-state index contributed by atoms with van der Waals surface area (Å²) in [5.41, 5.74) is 3.96. The number of aliphatic hydroxyl groups is 1. The van der Waals surface area contributed by atoms with Gasteiger partial charge in [-0.3, -0.25) is 4.90 Å². The number of alkyl halides is 3. The van der Waals surface area contributed by atoms with Crippen LogP contribution in [0.15, 0.2) is 87.6 Å². The molecule has 0 saturated carbocycles. The van der Waals surface area contributed by atoms with E-state index in [0.29, 0.717) is 56.0 Å². The third-order valence-electron chi connectivity index (χ3n) is 8.01. The highest BCUT2D eigenvalue weighted by Gasteiger charge is 2.38. The van der Waals surface area contributed by atoms with E-state index in [9.17, 15) is 18.3 Å². The lowest BCUT2D eigenvalue weighted by Gasteiger charge is -2.41. The van der Waals surface area contributed by atoms with Crippen molar-refractivity contribution in [2.24, 2.45) is 9.98 Å². The van der Waals surface area contributed by atoms with Crippen LogP contribution in [-0.2, 0) is 23.9 Å². The Balaban J connectivity index is 1.27. The SMILES string of the molecule is COc1cccc(COC2=NC3=C(CN(C4=Nc5ccc(C(F)(F)F)cc5CCC4)CC3)C(O)N2C2=CC=CCC2)c1. The van der Waals surface area contributed by atoms with Crippen molar-refractivity contribution in [3.8, 4) is 5.75 Å². The molecule has 0 aromatic heterocycles. The maximum atomic E-state index is 13.3. The van der Waals surface area contributed by atoms with Crippen molar-refractivity contribution in [2.75, 3.05) is 20.2 Å². The Morgan fingerprint density at radius 2 is 1.93 bits per heavy atom. The lowest BCUT2D eigenvalue weighted by atomic mass is 10.00. The molecule has 4 aliphatic rings. The Morgan fingerprint density at radius 3 is 2.71 bits per heavy atom. The van der Waals surface area contributed by atoms with Gasteiger partial charge in [0.25, 0.3) is 6.02 Å².